The van der Waals surface area contributed by atoms with Gasteiger partial charge in [-0.3, -0.25) is 9.59 Å². The number of aryl methyl sites for hydroxylation is 1. The SMILES string of the molecule is COC(=O)C1=NN(N=O)[C@]2(CC(=O)N(c3ccc(C)c(Cl)c3)C2=O)C1. The number of hydrogen-bond acceptors (Lipinski definition) is 7. The van der Waals surface area contributed by atoms with Crippen LogP contribution < -0.4 is 4.90 Å². The van der Waals surface area contributed by atoms with Gasteiger partial charge in [0.15, 0.2) is 11.3 Å². The molecule has 0 bridgehead atoms. The summed E-state index contributed by atoms with van der Waals surface area (Å²) >= 11 is 6.07. The molecule has 2 heterocycles. The number of carbonyl (C=O) groups excluding carboxylic acids is 3. The molecule has 0 unspecified atom stereocenters. The number of anilines is 1. The summed E-state index contributed by atoms with van der Waals surface area (Å²) in [5.74, 6) is -2.03. The Morgan fingerprint density at radius 2 is 2.08 bits per heavy atom. The Hall–Kier alpha value is -2.81. The lowest BCUT2D eigenvalue weighted by Gasteiger charge is -2.24. The Bertz CT molecular complexity index is 839. The molecule has 1 fully saturated rings. The predicted molar refractivity (Wildman–Crippen MR) is 87.7 cm³/mol. The fourth-order valence-corrected chi connectivity index (χ4v) is 3.10. The molecule has 0 radical (unpaired) electrons. The highest BCUT2D eigenvalue weighted by molar-refractivity contribution is 6.39. The maximum Gasteiger partial charge on any atom is 0.354 e. The molecule has 0 saturated carbocycles. The zero-order valence-electron chi connectivity index (χ0n) is 13.4. The molecule has 2 amide bonds. The predicted octanol–water partition coefficient (Wildman–Crippen LogP) is 1.57. The monoisotopic (exact) mass is 364 g/mol. The van der Waals surface area contributed by atoms with Gasteiger partial charge in [0.2, 0.25) is 5.91 Å². The van der Waals surface area contributed by atoms with E-state index in [2.05, 4.69) is 15.1 Å². The van der Waals surface area contributed by atoms with Gasteiger partial charge in [-0.1, -0.05) is 17.7 Å². The van der Waals surface area contributed by atoms with Crippen molar-refractivity contribution >= 4 is 40.8 Å². The Balaban J connectivity index is 1.99. The summed E-state index contributed by atoms with van der Waals surface area (Å²) < 4.78 is 4.56. The van der Waals surface area contributed by atoms with Crippen molar-refractivity contribution in [3.8, 4) is 0 Å². The van der Waals surface area contributed by atoms with Crippen LogP contribution in [0.4, 0.5) is 5.69 Å². The third-order valence-corrected chi connectivity index (χ3v) is 4.67. The highest BCUT2D eigenvalue weighted by Gasteiger charge is 2.61. The largest absolute Gasteiger partial charge is 0.464 e. The fraction of sp³-hybridized carbons (Fsp3) is 0.333. The quantitative estimate of drug-likeness (QED) is 0.457. The van der Waals surface area contributed by atoms with Crippen molar-refractivity contribution in [1.29, 1.82) is 0 Å². The van der Waals surface area contributed by atoms with Crippen LogP contribution in [0.25, 0.3) is 0 Å². The Kier molecular flexibility index (Phi) is 4.03. The number of hydrogen-bond donors (Lipinski definition) is 0. The van der Waals surface area contributed by atoms with E-state index < -0.39 is 23.3 Å². The van der Waals surface area contributed by atoms with Gasteiger partial charge in [0.05, 0.1) is 24.5 Å². The van der Waals surface area contributed by atoms with E-state index in [0.29, 0.717) is 10.1 Å². The molecular formula is C15H13ClN4O5. The van der Waals surface area contributed by atoms with Crippen LogP contribution in [0.2, 0.25) is 5.02 Å². The second-order valence-corrected chi connectivity index (χ2v) is 6.17. The molecule has 2 aliphatic heterocycles. The first kappa shape index (κ1) is 17.0. The number of methoxy groups -OCH3 is 1. The third kappa shape index (κ3) is 2.47. The molecule has 2 aliphatic rings. The number of carbonyl (C=O) groups is 3. The molecule has 9 nitrogen and oxygen atoms in total. The van der Waals surface area contributed by atoms with Gasteiger partial charge in [0.25, 0.3) is 5.91 Å². The summed E-state index contributed by atoms with van der Waals surface area (Å²) in [5, 5.41) is 7.39. The van der Waals surface area contributed by atoms with Gasteiger partial charge in [0, 0.05) is 11.4 Å². The van der Waals surface area contributed by atoms with E-state index >= 15 is 0 Å². The third-order valence-electron chi connectivity index (χ3n) is 4.26. The van der Waals surface area contributed by atoms with Crippen LogP contribution >= 0.6 is 11.6 Å². The number of rotatable bonds is 3. The first-order chi connectivity index (χ1) is 11.8. The number of nitroso groups, excluding NO2 is 1. The van der Waals surface area contributed by atoms with Gasteiger partial charge in [0.1, 0.15) is 0 Å². The Morgan fingerprint density at radius 1 is 1.36 bits per heavy atom. The van der Waals surface area contributed by atoms with Crippen LogP contribution in [0.5, 0.6) is 0 Å². The van der Waals surface area contributed by atoms with E-state index in [4.69, 9.17) is 11.6 Å². The topological polar surface area (TPSA) is 109 Å². The molecule has 1 aromatic carbocycles. The molecule has 3 rings (SSSR count). The van der Waals surface area contributed by atoms with Crippen LogP contribution in [0.1, 0.15) is 18.4 Å². The summed E-state index contributed by atoms with van der Waals surface area (Å²) in [6.07, 6.45) is -0.584. The van der Waals surface area contributed by atoms with E-state index in [1.165, 1.54) is 6.07 Å². The van der Waals surface area contributed by atoms with E-state index in [-0.39, 0.29) is 24.2 Å². The molecule has 1 saturated heterocycles. The smallest absolute Gasteiger partial charge is 0.354 e. The van der Waals surface area contributed by atoms with Gasteiger partial charge in [-0.25, -0.2) is 9.69 Å². The van der Waals surface area contributed by atoms with Crippen molar-refractivity contribution < 1.29 is 19.1 Å². The van der Waals surface area contributed by atoms with E-state index in [9.17, 15) is 19.3 Å². The average molecular weight is 365 g/mol. The molecular weight excluding hydrogens is 352 g/mol. The van der Waals surface area contributed by atoms with Gasteiger partial charge >= 0.3 is 5.97 Å². The summed E-state index contributed by atoms with van der Waals surface area (Å²) in [5.41, 5.74) is -0.737. The lowest BCUT2D eigenvalue weighted by atomic mass is 9.92. The molecule has 0 aliphatic carbocycles. The van der Waals surface area contributed by atoms with Crippen LogP contribution in [0.15, 0.2) is 28.6 Å². The van der Waals surface area contributed by atoms with E-state index in [1.807, 2.05) is 0 Å². The van der Waals surface area contributed by atoms with Crippen molar-refractivity contribution in [2.75, 3.05) is 12.0 Å². The van der Waals surface area contributed by atoms with Crippen molar-refractivity contribution in [2.45, 2.75) is 25.3 Å². The zero-order valence-corrected chi connectivity index (χ0v) is 14.1. The lowest BCUT2D eigenvalue weighted by Crippen LogP contribution is -2.48. The van der Waals surface area contributed by atoms with Gasteiger partial charge in [-0.2, -0.15) is 0 Å². The summed E-state index contributed by atoms with van der Waals surface area (Å²) in [6.45, 7) is 1.78. The second-order valence-electron chi connectivity index (χ2n) is 5.76. The maximum absolute atomic E-state index is 13.0. The minimum atomic E-state index is -1.65. The minimum absolute atomic E-state index is 0.146. The number of halogens is 1. The lowest BCUT2D eigenvalue weighted by molar-refractivity contribution is -0.132. The molecule has 0 N–H and O–H groups in total. The van der Waals surface area contributed by atoms with Crippen molar-refractivity contribution in [3.05, 3.63) is 33.7 Å². The molecule has 1 aromatic rings. The zero-order chi connectivity index (χ0) is 18.4. The van der Waals surface area contributed by atoms with Crippen molar-refractivity contribution in [1.82, 2.24) is 5.12 Å². The normalized spacial score (nSPS) is 22.6. The number of nitrogens with zero attached hydrogens (tertiary/aromatic N) is 4. The minimum Gasteiger partial charge on any atom is -0.464 e. The van der Waals surface area contributed by atoms with Crippen molar-refractivity contribution in [2.24, 2.45) is 10.4 Å². The number of benzene rings is 1. The highest BCUT2D eigenvalue weighted by atomic mass is 35.5. The maximum atomic E-state index is 13.0. The number of amides is 2. The van der Waals surface area contributed by atoms with Crippen LogP contribution in [0.3, 0.4) is 0 Å². The van der Waals surface area contributed by atoms with E-state index in [0.717, 1.165) is 17.6 Å². The molecule has 1 spiro atoms. The van der Waals surface area contributed by atoms with Crippen LogP contribution in [-0.4, -0.2) is 41.3 Å². The summed E-state index contributed by atoms with van der Waals surface area (Å²) in [6, 6.07) is 4.73. The number of esters is 1. The first-order valence-electron chi connectivity index (χ1n) is 7.27. The average Bonchev–Trinajstić information content (AvgIpc) is 3.08. The molecule has 1 atom stereocenters. The number of ether oxygens (including phenoxy) is 1. The highest BCUT2D eigenvalue weighted by Crippen LogP contribution is 2.41. The Labute approximate surface area is 147 Å². The summed E-state index contributed by atoms with van der Waals surface area (Å²) in [4.78, 5) is 49.2. The molecule has 25 heavy (non-hydrogen) atoms. The van der Waals surface area contributed by atoms with Crippen LogP contribution in [0, 0.1) is 11.8 Å². The van der Waals surface area contributed by atoms with Gasteiger partial charge in [-0.15, -0.1) is 15.1 Å². The molecule has 10 heteroatoms. The van der Waals surface area contributed by atoms with E-state index in [1.54, 1.807) is 19.1 Å². The Morgan fingerprint density at radius 3 is 2.68 bits per heavy atom. The van der Waals surface area contributed by atoms with Gasteiger partial charge < -0.3 is 4.74 Å². The number of hydrazone groups is 1. The fourth-order valence-electron chi connectivity index (χ4n) is 2.92. The molecule has 0 aromatic heterocycles. The van der Waals surface area contributed by atoms with Crippen LogP contribution in [-0.2, 0) is 19.1 Å². The number of imide groups is 1. The second kappa shape index (κ2) is 5.92. The first-order valence-corrected chi connectivity index (χ1v) is 7.64. The summed E-state index contributed by atoms with van der Waals surface area (Å²) in [7, 11) is 1.15. The molecule has 130 valence electrons. The van der Waals surface area contributed by atoms with Crippen molar-refractivity contribution in [3.63, 3.8) is 0 Å². The van der Waals surface area contributed by atoms with Gasteiger partial charge in [-0.05, 0) is 24.6 Å². The standard InChI is InChI=1S/C15H13ClN4O5/c1-8-3-4-9(5-10(8)16)19-12(21)7-15(14(19)23)6-11(13(22)25-2)17-20(15)18-24/h3-5H,6-7H2,1-2H3/t15-/m0/s1.